The summed E-state index contributed by atoms with van der Waals surface area (Å²) < 4.78 is 27.0. The number of nitrogens with one attached hydrogen (secondary N) is 4. The van der Waals surface area contributed by atoms with Gasteiger partial charge in [0.1, 0.15) is 12.1 Å². The molecule has 1 fully saturated rings. The van der Waals surface area contributed by atoms with Gasteiger partial charge in [0.15, 0.2) is 0 Å². The van der Waals surface area contributed by atoms with Gasteiger partial charge in [0.25, 0.3) is 0 Å². The van der Waals surface area contributed by atoms with Gasteiger partial charge < -0.3 is 26.4 Å². The number of rotatable bonds is 14. The van der Waals surface area contributed by atoms with E-state index in [1.165, 1.54) is 12.1 Å². The van der Waals surface area contributed by atoms with E-state index >= 15 is 0 Å². The molecule has 2 atom stereocenters. The fourth-order valence-electron chi connectivity index (χ4n) is 3.78. The second-order valence-corrected chi connectivity index (χ2v) is 10.3. The Balaban J connectivity index is 1.78. The van der Waals surface area contributed by atoms with Crippen molar-refractivity contribution in [3.63, 3.8) is 0 Å². The lowest BCUT2D eigenvalue weighted by atomic mass is 10.2. The number of urea groups is 2. The van der Waals surface area contributed by atoms with E-state index in [9.17, 15) is 32.7 Å². The molecule has 1 aromatic carbocycles. The molecule has 200 valence electrons. The van der Waals surface area contributed by atoms with Gasteiger partial charge in [0.05, 0.1) is 11.4 Å². The Kier molecular flexibility index (Phi) is 11.6. The highest BCUT2D eigenvalue weighted by Gasteiger charge is 2.40. The largest absolute Gasteiger partial charge is 0.480 e. The molecule has 14 heteroatoms. The van der Waals surface area contributed by atoms with Crippen molar-refractivity contribution in [2.75, 3.05) is 26.2 Å². The quantitative estimate of drug-likeness (QED) is 0.170. The summed E-state index contributed by atoms with van der Waals surface area (Å²) in [5, 5.41) is 19.5. The van der Waals surface area contributed by atoms with Crippen molar-refractivity contribution >= 4 is 34.0 Å². The monoisotopic (exact) mass is 527 g/mol. The van der Waals surface area contributed by atoms with Crippen molar-refractivity contribution in [1.82, 2.24) is 25.6 Å². The first kappa shape index (κ1) is 29.0. The van der Waals surface area contributed by atoms with Crippen molar-refractivity contribution in [1.29, 1.82) is 0 Å². The van der Waals surface area contributed by atoms with E-state index in [0.717, 1.165) is 23.6 Å². The minimum Gasteiger partial charge on any atom is -0.480 e. The zero-order valence-electron chi connectivity index (χ0n) is 20.1. The Morgan fingerprint density at radius 3 is 2.25 bits per heavy atom. The molecular weight excluding hydrogens is 492 g/mol. The first-order valence-electron chi connectivity index (χ1n) is 11.8. The van der Waals surface area contributed by atoms with Gasteiger partial charge >= 0.3 is 18.0 Å². The number of quaternary nitrogens is 1. The zero-order valence-corrected chi connectivity index (χ0v) is 20.9. The van der Waals surface area contributed by atoms with Gasteiger partial charge in [-0.3, -0.25) is 10.5 Å². The van der Waals surface area contributed by atoms with Crippen LogP contribution in [-0.2, 0) is 19.6 Å². The first-order valence-corrected chi connectivity index (χ1v) is 13.3. The first-order chi connectivity index (χ1) is 17.1. The maximum atomic E-state index is 13.0. The molecule has 5 amide bonds. The molecule has 1 saturated heterocycles. The van der Waals surface area contributed by atoms with Crippen molar-refractivity contribution in [2.24, 2.45) is 0 Å². The van der Waals surface area contributed by atoms with Crippen LogP contribution in [0.5, 0.6) is 0 Å². The third-order valence-corrected chi connectivity index (χ3v) is 7.57. The summed E-state index contributed by atoms with van der Waals surface area (Å²) in [6.07, 6.45) is 3.95. The Hall–Kier alpha value is -3.23. The van der Waals surface area contributed by atoms with E-state index in [4.69, 9.17) is 0 Å². The second-order valence-electron chi connectivity index (χ2n) is 8.39. The maximum absolute atomic E-state index is 13.0. The standard InChI is InChI=1S/C22H34N6O7S/c23-21(32)24-12-6-1-2-7-13-25-22(33)26-15-17(20(30)31)27-19(29)18-11-8-14-28(18)36(34,35)16-9-4-3-5-10-16/h3-5,9-10,17-18H,1-2,6-8,11-15H2,(H,27,29)(H,30,31)(H3,23,24,32)(H2,25,26,33)/p+1. The van der Waals surface area contributed by atoms with Crippen LogP contribution in [0.1, 0.15) is 38.5 Å². The average molecular weight is 528 g/mol. The molecule has 0 spiro atoms. The molecule has 8 N–H and O–H groups in total. The number of carboxylic acids is 1. The topological polar surface area (TPSA) is 202 Å². The summed E-state index contributed by atoms with van der Waals surface area (Å²) in [6, 6.07) is 4.38. The molecule has 36 heavy (non-hydrogen) atoms. The highest BCUT2D eigenvalue weighted by molar-refractivity contribution is 7.89. The second kappa shape index (κ2) is 14.4. The molecule has 1 aliphatic heterocycles. The van der Waals surface area contributed by atoms with Crippen molar-refractivity contribution in [3.05, 3.63) is 30.3 Å². The number of carbonyl (C=O) groups is 4. The number of unbranched alkanes of at least 4 members (excludes halogenated alkanes) is 3. The lowest BCUT2D eigenvalue weighted by Crippen LogP contribution is -2.62. The van der Waals surface area contributed by atoms with Crippen LogP contribution in [0.2, 0.25) is 0 Å². The van der Waals surface area contributed by atoms with Crippen LogP contribution in [0.4, 0.5) is 9.59 Å². The Bertz CT molecular complexity index is 1010. The predicted molar refractivity (Wildman–Crippen MR) is 129 cm³/mol. The average Bonchev–Trinajstić information content (AvgIpc) is 3.34. The molecule has 2 rings (SSSR count). The van der Waals surface area contributed by atoms with Crippen LogP contribution in [0.3, 0.4) is 0 Å². The molecule has 1 aromatic rings. The van der Waals surface area contributed by atoms with Gasteiger partial charge in [-0.05, 0) is 37.8 Å². The molecular formula is C22H35N6O7S+. The molecule has 1 aliphatic rings. The van der Waals surface area contributed by atoms with E-state index in [-0.39, 0.29) is 30.4 Å². The number of hydrogen-bond donors (Lipinski definition) is 6. The molecule has 1 heterocycles. The summed E-state index contributed by atoms with van der Waals surface area (Å²) in [4.78, 5) is 47.2. The SMILES string of the molecule is [NH3+]C(=O)NCCCCCCNC(=O)NCC(NC(=O)C1CCCN1S(=O)(=O)c1ccccc1)C(=O)O. The fraction of sp³-hybridized carbons (Fsp3) is 0.545. The smallest absolute Gasteiger partial charge is 0.411 e. The Labute approximate surface area is 210 Å². The molecule has 0 aliphatic carbocycles. The molecule has 0 saturated carbocycles. The Morgan fingerprint density at radius 2 is 1.64 bits per heavy atom. The van der Waals surface area contributed by atoms with E-state index in [0.29, 0.717) is 25.9 Å². The van der Waals surface area contributed by atoms with Gasteiger partial charge in [-0.1, -0.05) is 31.0 Å². The van der Waals surface area contributed by atoms with Crippen LogP contribution in [0, 0.1) is 0 Å². The van der Waals surface area contributed by atoms with E-state index in [2.05, 4.69) is 27.0 Å². The number of hydrogen-bond acceptors (Lipinski definition) is 6. The number of aliphatic carboxylic acids is 1. The van der Waals surface area contributed by atoms with Gasteiger partial charge in [0, 0.05) is 19.6 Å². The van der Waals surface area contributed by atoms with Gasteiger partial charge in [-0.25, -0.2) is 22.8 Å². The lowest BCUT2D eigenvalue weighted by Gasteiger charge is -2.25. The van der Waals surface area contributed by atoms with Crippen molar-refractivity contribution < 1.29 is 38.4 Å². The number of amides is 5. The summed E-state index contributed by atoms with van der Waals surface area (Å²) in [7, 11) is -3.91. The minimum absolute atomic E-state index is 0.0582. The van der Waals surface area contributed by atoms with Crippen LogP contribution in [-0.4, -0.2) is 80.0 Å². The van der Waals surface area contributed by atoms with Crippen LogP contribution in [0.25, 0.3) is 0 Å². The van der Waals surface area contributed by atoms with E-state index < -0.39 is 40.0 Å². The summed E-state index contributed by atoms with van der Waals surface area (Å²) in [5.74, 6) is -2.08. The third kappa shape index (κ3) is 9.09. The minimum atomic E-state index is -3.91. The lowest BCUT2D eigenvalue weighted by molar-refractivity contribution is -0.250. The van der Waals surface area contributed by atoms with E-state index in [1.54, 1.807) is 18.2 Å². The highest BCUT2D eigenvalue weighted by atomic mass is 32.2. The van der Waals surface area contributed by atoms with Crippen molar-refractivity contribution in [2.45, 2.75) is 55.5 Å². The summed E-state index contributed by atoms with van der Waals surface area (Å²) >= 11 is 0. The summed E-state index contributed by atoms with van der Waals surface area (Å²) in [6.45, 7) is 0.718. The van der Waals surface area contributed by atoms with Gasteiger partial charge in [0.2, 0.25) is 15.9 Å². The molecule has 13 nitrogen and oxygen atoms in total. The Morgan fingerprint density at radius 1 is 1.00 bits per heavy atom. The predicted octanol–water partition coefficient (Wildman–Crippen LogP) is -0.780. The van der Waals surface area contributed by atoms with Crippen LogP contribution >= 0.6 is 0 Å². The third-order valence-electron chi connectivity index (χ3n) is 5.65. The maximum Gasteiger partial charge on any atom is 0.411 e. The number of carboxylic acid groups (broad SMARTS) is 1. The highest BCUT2D eigenvalue weighted by Crippen LogP contribution is 2.26. The normalized spacial score (nSPS) is 16.6. The number of sulfonamides is 1. The van der Waals surface area contributed by atoms with Crippen LogP contribution in [0.15, 0.2) is 35.2 Å². The zero-order chi connectivity index (χ0) is 26.6. The van der Waals surface area contributed by atoms with Crippen LogP contribution < -0.4 is 27.0 Å². The van der Waals surface area contributed by atoms with Gasteiger partial charge in [-0.2, -0.15) is 4.31 Å². The summed E-state index contributed by atoms with van der Waals surface area (Å²) in [5.41, 5.74) is 3.22. The van der Waals surface area contributed by atoms with Crippen molar-refractivity contribution in [3.8, 4) is 0 Å². The molecule has 0 radical (unpaired) electrons. The molecule has 2 unspecified atom stereocenters. The van der Waals surface area contributed by atoms with Gasteiger partial charge in [-0.15, -0.1) is 0 Å². The van der Waals surface area contributed by atoms with E-state index in [1.807, 2.05) is 0 Å². The fourth-order valence-corrected chi connectivity index (χ4v) is 5.45. The number of carbonyl (C=O) groups excluding carboxylic acids is 3. The molecule has 0 aromatic heterocycles. The number of benzene rings is 1. The molecule has 0 bridgehead atoms. The number of nitrogens with zero attached hydrogens (tertiary/aromatic N) is 1.